The van der Waals surface area contributed by atoms with Gasteiger partial charge >= 0.3 is 11.8 Å². The lowest BCUT2D eigenvalue weighted by Crippen LogP contribution is -2.29. The van der Waals surface area contributed by atoms with Crippen LogP contribution in [0.4, 0.5) is 15.0 Å². The minimum absolute atomic E-state index is 0.100. The first kappa shape index (κ1) is 31.7. The van der Waals surface area contributed by atoms with Crippen LogP contribution in [0.2, 0.25) is 0 Å². The molecule has 1 aliphatic heterocycles. The van der Waals surface area contributed by atoms with Crippen molar-refractivity contribution in [1.82, 2.24) is 9.55 Å². The van der Waals surface area contributed by atoms with E-state index in [-0.39, 0.29) is 13.0 Å². The molecule has 0 radical (unpaired) electrons. The number of amides is 1. The topological polar surface area (TPSA) is 103 Å². The lowest BCUT2D eigenvalue weighted by Gasteiger charge is -2.14. The van der Waals surface area contributed by atoms with Crippen molar-refractivity contribution < 1.29 is 23.8 Å². The number of ether oxygens (including phenoxy) is 2. The van der Waals surface area contributed by atoms with Crippen LogP contribution in [0.5, 0.6) is 0 Å². The molecule has 1 fully saturated rings. The predicted molar refractivity (Wildman–Crippen MR) is 148 cm³/mol. The zero-order chi connectivity index (χ0) is 27.6. The van der Waals surface area contributed by atoms with Crippen molar-refractivity contribution >= 4 is 11.9 Å². The summed E-state index contributed by atoms with van der Waals surface area (Å²) in [7, 11) is 0. The molecule has 2 rings (SSSR count). The number of aliphatic hydroxyl groups excluding tert-OH is 1. The number of allylic oxidation sites excluding steroid dienone is 2. The van der Waals surface area contributed by atoms with Crippen molar-refractivity contribution in [3.05, 3.63) is 47.3 Å². The van der Waals surface area contributed by atoms with E-state index in [4.69, 9.17) is 9.47 Å². The molecule has 0 unspecified atom stereocenters. The molecule has 2 N–H and O–H groups in total. The number of aromatic nitrogens is 2. The molecule has 1 aromatic rings. The van der Waals surface area contributed by atoms with Crippen molar-refractivity contribution in [1.29, 1.82) is 0 Å². The summed E-state index contributed by atoms with van der Waals surface area (Å²) in [5.41, 5.74) is -0.808. The molecule has 2 heterocycles. The van der Waals surface area contributed by atoms with Gasteiger partial charge in [-0.1, -0.05) is 82.9 Å². The van der Waals surface area contributed by atoms with E-state index in [0.717, 1.165) is 42.9 Å². The summed E-state index contributed by atoms with van der Waals surface area (Å²) in [6.07, 6.45) is 20.5. The number of rotatable bonds is 19. The fourth-order valence-corrected chi connectivity index (χ4v) is 4.45. The average molecular weight is 536 g/mol. The lowest BCUT2D eigenvalue weighted by atomic mass is 10.1. The molecule has 0 bridgehead atoms. The van der Waals surface area contributed by atoms with E-state index in [2.05, 4.69) is 36.0 Å². The summed E-state index contributed by atoms with van der Waals surface area (Å²) in [5, 5.41) is 12.1. The van der Waals surface area contributed by atoms with Gasteiger partial charge in [-0.15, -0.1) is 6.58 Å². The van der Waals surface area contributed by atoms with Gasteiger partial charge in [-0.25, -0.2) is 14.0 Å². The number of carbonyl (C=O) groups excluding carboxylic acids is 1. The highest BCUT2D eigenvalue weighted by molar-refractivity contribution is 5.83. The van der Waals surface area contributed by atoms with E-state index < -0.39 is 41.9 Å². The first-order valence-electron chi connectivity index (χ1n) is 14.3. The number of nitrogens with zero attached hydrogens (tertiary/aromatic N) is 2. The lowest BCUT2D eigenvalue weighted by molar-refractivity contribution is 0.00463. The molecule has 1 saturated heterocycles. The first-order chi connectivity index (χ1) is 18.5. The fraction of sp³-hybridized carbons (Fsp3) is 0.690. The summed E-state index contributed by atoms with van der Waals surface area (Å²) in [6.45, 7) is 6.01. The van der Waals surface area contributed by atoms with Crippen molar-refractivity contribution in [2.24, 2.45) is 0 Å². The largest absolute Gasteiger partial charge is 0.449 e. The van der Waals surface area contributed by atoms with Crippen LogP contribution in [0.15, 0.2) is 35.8 Å². The van der Waals surface area contributed by atoms with Crippen LogP contribution in [0.1, 0.15) is 109 Å². The Bertz CT molecular complexity index is 920. The second-order valence-electron chi connectivity index (χ2n) is 9.92. The minimum Gasteiger partial charge on any atom is -0.449 e. The molecule has 38 heavy (non-hydrogen) atoms. The number of unbranched alkanes of at least 4 members (excludes halogenated alkanes) is 12. The number of hydrogen-bond acceptors (Lipinski definition) is 6. The fourth-order valence-electron chi connectivity index (χ4n) is 4.45. The van der Waals surface area contributed by atoms with E-state index >= 15 is 0 Å². The Kier molecular flexibility index (Phi) is 15.6. The standard InChI is InChI=1S/C29H46FN3O5/c1-3-5-6-7-8-9-10-11-12-13-14-15-16-17-18-19-20-37-29(36)32-27-23(30)22-33(28(35)31-27)26-21-24(34)25(4-2)38-26/h4,11-12,22,24-26,34H,2-3,5-10,13-21H2,1H3,(H,31,32,35,36)/b12-11-/t24-,25+,26-/m1/s1. The predicted octanol–water partition coefficient (Wildman–Crippen LogP) is 6.80. The highest BCUT2D eigenvalue weighted by Crippen LogP contribution is 2.28. The van der Waals surface area contributed by atoms with Crippen LogP contribution in [-0.4, -0.2) is 39.6 Å². The van der Waals surface area contributed by atoms with Gasteiger partial charge in [-0.3, -0.25) is 9.88 Å². The first-order valence-corrected chi connectivity index (χ1v) is 14.3. The van der Waals surface area contributed by atoms with Crippen LogP contribution in [-0.2, 0) is 9.47 Å². The molecule has 3 atom stereocenters. The Morgan fingerprint density at radius 1 is 1.13 bits per heavy atom. The van der Waals surface area contributed by atoms with E-state index in [0.29, 0.717) is 0 Å². The van der Waals surface area contributed by atoms with Crippen molar-refractivity contribution in [2.45, 2.75) is 122 Å². The zero-order valence-electron chi connectivity index (χ0n) is 22.9. The summed E-state index contributed by atoms with van der Waals surface area (Å²) in [4.78, 5) is 27.9. The number of halogens is 1. The van der Waals surface area contributed by atoms with Crippen LogP contribution < -0.4 is 11.0 Å². The van der Waals surface area contributed by atoms with Crippen molar-refractivity contribution in [3.63, 3.8) is 0 Å². The van der Waals surface area contributed by atoms with Gasteiger partial charge in [-0.2, -0.15) is 4.98 Å². The van der Waals surface area contributed by atoms with Crippen LogP contribution in [0, 0.1) is 5.82 Å². The molecule has 1 aromatic heterocycles. The second-order valence-corrected chi connectivity index (χ2v) is 9.92. The Hall–Kier alpha value is -2.52. The maximum atomic E-state index is 14.4. The van der Waals surface area contributed by atoms with Gasteiger partial charge in [0, 0.05) is 6.42 Å². The van der Waals surface area contributed by atoms with Gasteiger partial charge < -0.3 is 14.6 Å². The second kappa shape index (κ2) is 18.7. The maximum absolute atomic E-state index is 14.4. The molecular weight excluding hydrogens is 489 g/mol. The number of hydrogen-bond donors (Lipinski definition) is 2. The molecule has 0 aliphatic carbocycles. The van der Waals surface area contributed by atoms with E-state index in [1.807, 2.05) is 0 Å². The minimum atomic E-state index is -0.904. The summed E-state index contributed by atoms with van der Waals surface area (Å²) in [5.74, 6) is -1.41. The zero-order valence-corrected chi connectivity index (χ0v) is 22.9. The molecule has 0 spiro atoms. The van der Waals surface area contributed by atoms with Gasteiger partial charge in [0.2, 0.25) is 0 Å². The highest BCUT2D eigenvalue weighted by atomic mass is 19.1. The van der Waals surface area contributed by atoms with Gasteiger partial charge in [0.05, 0.1) is 18.9 Å². The van der Waals surface area contributed by atoms with E-state index in [1.54, 1.807) is 0 Å². The Labute approximate surface area is 226 Å². The number of nitrogens with one attached hydrogen (secondary N) is 1. The molecule has 8 nitrogen and oxygen atoms in total. The third kappa shape index (κ3) is 11.9. The smallest absolute Gasteiger partial charge is 0.412 e. The Morgan fingerprint density at radius 3 is 2.34 bits per heavy atom. The third-order valence-electron chi connectivity index (χ3n) is 6.70. The summed E-state index contributed by atoms with van der Waals surface area (Å²) in [6, 6.07) is 0. The number of anilines is 1. The molecule has 0 aromatic carbocycles. The van der Waals surface area contributed by atoms with Gasteiger partial charge in [0.15, 0.2) is 11.6 Å². The quantitative estimate of drug-likeness (QED) is 0.149. The van der Waals surface area contributed by atoms with Crippen LogP contribution in [0.3, 0.4) is 0 Å². The van der Waals surface area contributed by atoms with E-state index in [1.165, 1.54) is 63.9 Å². The van der Waals surface area contributed by atoms with E-state index in [9.17, 15) is 19.1 Å². The normalized spacial score (nSPS) is 19.2. The Balaban J connectivity index is 1.51. The molecule has 9 heteroatoms. The number of carbonyl (C=O) groups is 1. The monoisotopic (exact) mass is 535 g/mol. The Morgan fingerprint density at radius 2 is 1.74 bits per heavy atom. The number of aliphatic hydroxyl groups is 1. The average Bonchev–Trinajstić information content (AvgIpc) is 3.28. The van der Waals surface area contributed by atoms with Crippen molar-refractivity contribution in [3.8, 4) is 0 Å². The van der Waals surface area contributed by atoms with Crippen LogP contribution in [0.25, 0.3) is 0 Å². The highest BCUT2D eigenvalue weighted by Gasteiger charge is 2.34. The van der Waals surface area contributed by atoms with Gasteiger partial charge in [0.1, 0.15) is 12.3 Å². The molecular formula is C29H46FN3O5. The maximum Gasteiger partial charge on any atom is 0.412 e. The third-order valence-corrected chi connectivity index (χ3v) is 6.70. The van der Waals surface area contributed by atoms with Gasteiger partial charge in [0.25, 0.3) is 0 Å². The summed E-state index contributed by atoms with van der Waals surface area (Å²) < 4.78 is 26.0. The molecule has 214 valence electrons. The molecule has 1 aliphatic rings. The molecule has 0 saturated carbocycles. The van der Waals surface area contributed by atoms with Crippen LogP contribution >= 0.6 is 0 Å². The van der Waals surface area contributed by atoms with Crippen molar-refractivity contribution in [2.75, 3.05) is 11.9 Å². The SMILES string of the molecule is C=C[C@@H]1O[C@@H](n2cc(F)c(NC(=O)OCCCCCCCC/C=C\CCCCCCCC)nc2=O)C[C@H]1O. The molecule has 1 amide bonds. The van der Waals surface area contributed by atoms with Gasteiger partial charge in [-0.05, 0) is 32.1 Å². The summed E-state index contributed by atoms with van der Waals surface area (Å²) >= 11 is 0.